The molecule has 0 aliphatic carbocycles. The number of nitrogens with zero attached hydrogens (tertiary/aromatic N) is 1. The van der Waals surface area contributed by atoms with Crippen molar-refractivity contribution < 1.29 is 4.79 Å². The molecule has 3 nitrogen and oxygen atoms in total. The van der Waals surface area contributed by atoms with Crippen molar-refractivity contribution in [3.63, 3.8) is 0 Å². The lowest BCUT2D eigenvalue weighted by Crippen LogP contribution is -2.26. The fourth-order valence-electron chi connectivity index (χ4n) is 1.12. The van der Waals surface area contributed by atoms with Gasteiger partial charge in [0.05, 0.1) is 10.2 Å². The third-order valence-corrected chi connectivity index (χ3v) is 3.51. The number of thiazole rings is 1. The van der Waals surface area contributed by atoms with Gasteiger partial charge in [-0.25, -0.2) is 4.98 Å². The van der Waals surface area contributed by atoms with Gasteiger partial charge in [-0.05, 0) is 18.2 Å². The molecule has 0 fully saturated rings. The van der Waals surface area contributed by atoms with E-state index in [9.17, 15) is 4.79 Å². The third-order valence-electron chi connectivity index (χ3n) is 1.83. The van der Waals surface area contributed by atoms with Gasteiger partial charge in [-0.2, -0.15) is 0 Å². The molecule has 1 aromatic carbocycles. The van der Waals surface area contributed by atoms with E-state index < -0.39 is 9.70 Å². The van der Waals surface area contributed by atoms with Crippen molar-refractivity contribution in [3.05, 3.63) is 23.2 Å². The van der Waals surface area contributed by atoms with Crippen molar-refractivity contribution in [2.45, 2.75) is 3.79 Å². The lowest BCUT2D eigenvalue weighted by Gasteiger charge is -2.08. The van der Waals surface area contributed by atoms with E-state index in [1.54, 1.807) is 18.2 Å². The van der Waals surface area contributed by atoms with Crippen molar-refractivity contribution in [1.82, 2.24) is 4.98 Å². The number of alkyl halides is 3. The highest BCUT2D eigenvalue weighted by molar-refractivity contribution is 7.22. The number of aromatic nitrogens is 1. The first-order valence-electron chi connectivity index (χ1n) is 4.30. The van der Waals surface area contributed by atoms with E-state index in [4.69, 9.17) is 46.4 Å². The minimum absolute atomic E-state index is 0.360. The van der Waals surface area contributed by atoms with Crippen LogP contribution in [-0.4, -0.2) is 14.7 Å². The zero-order chi connectivity index (χ0) is 12.6. The van der Waals surface area contributed by atoms with Crippen molar-refractivity contribution in [2.24, 2.45) is 0 Å². The average Bonchev–Trinajstić information content (AvgIpc) is 2.57. The van der Waals surface area contributed by atoms with Crippen molar-refractivity contribution >= 4 is 79.0 Å². The smallest absolute Gasteiger partial charge is 0.278 e. The Hall–Kier alpha value is -0.260. The molecule has 0 radical (unpaired) electrons. The Morgan fingerprint density at radius 3 is 2.71 bits per heavy atom. The van der Waals surface area contributed by atoms with Gasteiger partial charge in [0.1, 0.15) is 0 Å². The van der Waals surface area contributed by atoms with E-state index in [0.29, 0.717) is 10.2 Å². The molecule has 1 aromatic heterocycles. The molecule has 0 atom stereocenters. The Labute approximate surface area is 121 Å². The molecule has 2 rings (SSSR count). The summed E-state index contributed by atoms with van der Waals surface area (Å²) < 4.78 is -1.16. The molecule has 0 saturated heterocycles. The summed E-state index contributed by atoms with van der Waals surface area (Å²) in [6.45, 7) is 0. The van der Waals surface area contributed by atoms with E-state index >= 15 is 0 Å². The van der Waals surface area contributed by atoms with Gasteiger partial charge < -0.3 is 0 Å². The number of rotatable bonds is 1. The van der Waals surface area contributed by atoms with Crippen LogP contribution in [0.4, 0.5) is 5.13 Å². The number of carbonyl (C=O) groups excluding carboxylic acids is 1. The summed E-state index contributed by atoms with van der Waals surface area (Å²) in [5, 5.41) is 3.38. The first-order valence-corrected chi connectivity index (χ1v) is 6.63. The highest BCUT2D eigenvalue weighted by atomic mass is 35.6. The van der Waals surface area contributed by atoms with Crippen LogP contribution < -0.4 is 5.32 Å². The second-order valence-corrected chi connectivity index (χ2v) is 6.83. The summed E-state index contributed by atoms with van der Waals surface area (Å²) in [7, 11) is 0. The van der Waals surface area contributed by atoms with E-state index in [2.05, 4.69) is 10.3 Å². The highest BCUT2D eigenvalue weighted by Gasteiger charge is 2.31. The normalized spacial score (nSPS) is 11.8. The molecule has 1 N–H and O–H groups in total. The van der Waals surface area contributed by atoms with Crippen LogP contribution in [0.2, 0.25) is 5.02 Å². The monoisotopic (exact) mass is 328 g/mol. The minimum atomic E-state index is -2.00. The minimum Gasteiger partial charge on any atom is -0.298 e. The maximum atomic E-state index is 11.4. The summed E-state index contributed by atoms with van der Waals surface area (Å²) in [6.07, 6.45) is 0. The number of benzene rings is 1. The summed E-state index contributed by atoms with van der Waals surface area (Å²) in [5.74, 6) is -0.743. The van der Waals surface area contributed by atoms with Crippen LogP contribution in [-0.2, 0) is 4.79 Å². The zero-order valence-corrected chi connectivity index (χ0v) is 11.8. The van der Waals surface area contributed by atoms with Gasteiger partial charge in [0.25, 0.3) is 9.70 Å². The third kappa shape index (κ3) is 3.14. The Kier molecular flexibility index (Phi) is 3.71. The molecule has 1 amide bonds. The largest absolute Gasteiger partial charge is 0.298 e. The predicted octanol–water partition coefficient (Wildman–Crippen LogP) is 4.26. The van der Waals surface area contributed by atoms with Crippen LogP contribution in [0.5, 0.6) is 0 Å². The maximum absolute atomic E-state index is 11.4. The zero-order valence-electron chi connectivity index (χ0n) is 8.01. The molecule has 90 valence electrons. The van der Waals surface area contributed by atoms with Crippen LogP contribution in [0.15, 0.2) is 18.2 Å². The predicted molar refractivity (Wildman–Crippen MR) is 73.5 cm³/mol. The molecule has 0 aliphatic rings. The Bertz CT molecular complexity index is 578. The number of hydrogen-bond acceptors (Lipinski definition) is 3. The van der Waals surface area contributed by atoms with E-state index in [-0.39, 0.29) is 0 Å². The topological polar surface area (TPSA) is 42.0 Å². The van der Waals surface area contributed by atoms with Crippen LogP contribution in [0, 0.1) is 0 Å². The summed E-state index contributed by atoms with van der Waals surface area (Å²) in [4.78, 5) is 15.6. The lowest BCUT2D eigenvalue weighted by atomic mass is 10.3. The van der Waals surface area contributed by atoms with Crippen molar-refractivity contribution in [1.29, 1.82) is 0 Å². The molecule has 0 aliphatic heterocycles. The average molecular weight is 330 g/mol. The van der Waals surface area contributed by atoms with Gasteiger partial charge in [0, 0.05) is 5.02 Å². The Morgan fingerprint density at radius 2 is 2.06 bits per heavy atom. The highest BCUT2D eigenvalue weighted by Crippen LogP contribution is 2.31. The number of fused-ring (bicyclic) bond motifs is 1. The first kappa shape index (κ1) is 13.2. The summed E-state index contributed by atoms with van der Waals surface area (Å²) in [6, 6.07) is 5.21. The molecule has 8 heteroatoms. The molecule has 0 unspecified atom stereocenters. The Balaban J connectivity index is 2.29. The van der Waals surface area contributed by atoms with Crippen molar-refractivity contribution in [2.75, 3.05) is 5.32 Å². The fourth-order valence-corrected chi connectivity index (χ4v) is 2.40. The molecule has 0 saturated carbocycles. The molecule has 2 aromatic rings. The number of amides is 1. The van der Waals surface area contributed by atoms with Gasteiger partial charge in [0.15, 0.2) is 5.13 Å². The second-order valence-electron chi connectivity index (χ2n) is 3.08. The molecule has 1 heterocycles. The van der Waals surface area contributed by atoms with Crippen molar-refractivity contribution in [3.8, 4) is 0 Å². The molecular formula is C9H4Cl4N2OS. The molecular weight excluding hydrogens is 326 g/mol. The molecule has 0 spiro atoms. The van der Waals surface area contributed by atoms with Gasteiger partial charge in [-0.15, -0.1) is 0 Å². The second kappa shape index (κ2) is 4.78. The molecule has 17 heavy (non-hydrogen) atoms. The van der Waals surface area contributed by atoms with Gasteiger partial charge in [-0.1, -0.05) is 57.7 Å². The summed E-state index contributed by atoms with van der Waals surface area (Å²) in [5.41, 5.74) is 0.721. The Morgan fingerprint density at radius 1 is 1.35 bits per heavy atom. The number of nitrogens with one attached hydrogen (secondary N) is 1. The SMILES string of the molecule is O=C(Nc1nc2ccc(Cl)cc2s1)C(Cl)(Cl)Cl. The molecule has 0 bridgehead atoms. The quantitative estimate of drug-likeness (QED) is 0.794. The van der Waals surface area contributed by atoms with Gasteiger partial charge in [0.2, 0.25) is 0 Å². The number of halogens is 4. The maximum Gasteiger partial charge on any atom is 0.278 e. The first-order chi connectivity index (χ1) is 7.86. The van der Waals surface area contributed by atoms with E-state index in [1.807, 2.05) is 0 Å². The van der Waals surface area contributed by atoms with Gasteiger partial charge >= 0.3 is 0 Å². The van der Waals surface area contributed by atoms with E-state index in [1.165, 1.54) is 11.3 Å². The van der Waals surface area contributed by atoms with Crippen LogP contribution in [0.25, 0.3) is 10.2 Å². The van der Waals surface area contributed by atoms with Gasteiger partial charge in [-0.3, -0.25) is 10.1 Å². The number of anilines is 1. The number of carbonyl (C=O) groups is 1. The standard InChI is InChI=1S/C9H4Cl4N2OS/c10-4-1-2-5-6(3-4)17-8(14-5)15-7(16)9(11,12)13/h1-3H,(H,14,15,16). The summed E-state index contributed by atoms with van der Waals surface area (Å²) >= 11 is 23.4. The van der Waals surface area contributed by atoms with Crippen LogP contribution >= 0.6 is 57.7 Å². The number of hydrogen-bond donors (Lipinski definition) is 1. The van der Waals surface area contributed by atoms with Crippen LogP contribution in [0.3, 0.4) is 0 Å². The lowest BCUT2D eigenvalue weighted by molar-refractivity contribution is -0.115. The van der Waals surface area contributed by atoms with Crippen LogP contribution in [0.1, 0.15) is 0 Å². The van der Waals surface area contributed by atoms with E-state index in [0.717, 1.165) is 10.2 Å². The fraction of sp³-hybridized carbons (Fsp3) is 0.111.